The normalized spacial score (nSPS) is 9.31. The lowest BCUT2D eigenvalue weighted by Gasteiger charge is -2.05. The molecule has 76 valence electrons. The maximum absolute atomic E-state index is 11.0. The van der Waals surface area contributed by atoms with Crippen LogP contribution in [0, 0.1) is 5.41 Å². The Kier molecular flexibility index (Phi) is 6.68. The number of carbonyl (C=O) groups is 1. The average Bonchev–Trinajstić information content (AvgIpc) is 2.04. The van der Waals surface area contributed by atoms with Crippen LogP contribution in [0.3, 0.4) is 0 Å². The van der Waals surface area contributed by atoms with Gasteiger partial charge in [0.25, 0.3) is 0 Å². The van der Waals surface area contributed by atoms with Crippen molar-refractivity contribution in [3.05, 3.63) is 0 Å². The lowest BCUT2D eigenvalue weighted by molar-refractivity contribution is 0.241. The Morgan fingerprint density at radius 2 is 2.00 bits per heavy atom. The molecule has 0 atom stereocenters. The summed E-state index contributed by atoms with van der Waals surface area (Å²) < 4.78 is 0. The van der Waals surface area contributed by atoms with Gasteiger partial charge >= 0.3 is 6.03 Å². The number of nitrogens with two attached hydrogens (primary N) is 1. The van der Waals surface area contributed by atoms with Crippen LogP contribution in [0.2, 0.25) is 0 Å². The number of urea groups is 1. The molecular weight excluding hydrogens is 168 g/mol. The third kappa shape index (κ3) is 8.65. The highest BCUT2D eigenvalue weighted by molar-refractivity contribution is 5.78. The van der Waals surface area contributed by atoms with E-state index in [1.807, 2.05) is 0 Å². The number of amidine groups is 1. The van der Waals surface area contributed by atoms with Crippen LogP contribution >= 0.6 is 0 Å². The number of hydrogen-bond donors (Lipinski definition) is 4. The molecule has 0 aliphatic carbocycles. The zero-order chi connectivity index (χ0) is 10.1. The van der Waals surface area contributed by atoms with Crippen LogP contribution in [-0.2, 0) is 0 Å². The van der Waals surface area contributed by atoms with Gasteiger partial charge in [-0.1, -0.05) is 13.3 Å². The van der Waals surface area contributed by atoms with E-state index < -0.39 is 0 Å². The first-order valence-electron chi connectivity index (χ1n) is 4.51. The topological polar surface area (TPSA) is 91.0 Å². The lowest BCUT2D eigenvalue weighted by atomic mass is 10.3. The summed E-state index contributed by atoms with van der Waals surface area (Å²) >= 11 is 0. The zero-order valence-corrected chi connectivity index (χ0v) is 8.02. The van der Waals surface area contributed by atoms with Gasteiger partial charge in [-0.2, -0.15) is 0 Å². The lowest BCUT2D eigenvalue weighted by Crippen LogP contribution is -2.37. The van der Waals surface area contributed by atoms with Gasteiger partial charge in [0.15, 0.2) is 0 Å². The molecule has 0 rings (SSSR count). The van der Waals surface area contributed by atoms with Crippen LogP contribution < -0.4 is 16.4 Å². The van der Waals surface area contributed by atoms with Gasteiger partial charge in [-0.3, -0.25) is 5.41 Å². The van der Waals surface area contributed by atoms with Gasteiger partial charge in [0.05, 0.1) is 5.84 Å². The summed E-state index contributed by atoms with van der Waals surface area (Å²) in [5.41, 5.74) is 5.11. The molecule has 13 heavy (non-hydrogen) atoms. The highest BCUT2D eigenvalue weighted by Crippen LogP contribution is 1.82. The molecule has 0 saturated heterocycles. The first-order chi connectivity index (χ1) is 6.16. The first-order valence-corrected chi connectivity index (χ1v) is 4.51. The minimum Gasteiger partial charge on any atom is -0.388 e. The molecule has 5 heteroatoms. The Morgan fingerprint density at radius 1 is 1.38 bits per heavy atom. The van der Waals surface area contributed by atoms with Gasteiger partial charge in [-0.25, -0.2) is 4.79 Å². The number of rotatable bonds is 6. The fourth-order valence-corrected chi connectivity index (χ4v) is 0.752. The van der Waals surface area contributed by atoms with E-state index in [1.165, 1.54) is 0 Å². The van der Waals surface area contributed by atoms with Gasteiger partial charge < -0.3 is 16.4 Å². The van der Waals surface area contributed by atoms with Crippen molar-refractivity contribution in [3.8, 4) is 0 Å². The minimum absolute atomic E-state index is 0.0915. The van der Waals surface area contributed by atoms with Gasteiger partial charge in [-0.05, 0) is 6.42 Å². The predicted molar refractivity (Wildman–Crippen MR) is 52.8 cm³/mol. The summed E-state index contributed by atoms with van der Waals surface area (Å²) in [5.74, 6) is 0.0915. The third-order valence-corrected chi connectivity index (χ3v) is 1.50. The fourth-order valence-electron chi connectivity index (χ4n) is 0.752. The van der Waals surface area contributed by atoms with E-state index in [9.17, 15) is 4.79 Å². The standard InChI is InChI=1S/C8H18N4O/c1-2-3-5-11-8(13)12-6-4-7(9)10/h2-6H2,1H3,(H3,9,10)(H2,11,12,13). The van der Waals surface area contributed by atoms with Crippen molar-refractivity contribution in [2.45, 2.75) is 26.2 Å². The summed E-state index contributed by atoms with van der Waals surface area (Å²) in [6, 6.07) is -0.185. The second kappa shape index (κ2) is 7.39. The molecule has 5 N–H and O–H groups in total. The largest absolute Gasteiger partial charge is 0.388 e. The van der Waals surface area contributed by atoms with Crippen LogP contribution in [0.4, 0.5) is 4.79 Å². The van der Waals surface area contributed by atoms with E-state index in [0.717, 1.165) is 12.8 Å². The van der Waals surface area contributed by atoms with Crippen LogP contribution in [0.1, 0.15) is 26.2 Å². The average molecular weight is 186 g/mol. The smallest absolute Gasteiger partial charge is 0.314 e. The summed E-state index contributed by atoms with van der Waals surface area (Å²) in [6.07, 6.45) is 2.45. The monoisotopic (exact) mass is 186 g/mol. The van der Waals surface area contributed by atoms with Crippen molar-refractivity contribution in [2.24, 2.45) is 5.73 Å². The quantitative estimate of drug-likeness (QED) is 0.275. The van der Waals surface area contributed by atoms with Gasteiger partial charge in [0.2, 0.25) is 0 Å². The van der Waals surface area contributed by atoms with E-state index in [2.05, 4.69) is 17.6 Å². The van der Waals surface area contributed by atoms with Crippen molar-refractivity contribution in [3.63, 3.8) is 0 Å². The van der Waals surface area contributed by atoms with Crippen LogP contribution in [0.25, 0.3) is 0 Å². The second-order valence-electron chi connectivity index (χ2n) is 2.81. The maximum atomic E-state index is 11.0. The molecule has 0 heterocycles. The van der Waals surface area contributed by atoms with E-state index in [1.54, 1.807) is 0 Å². The summed E-state index contributed by atoms with van der Waals surface area (Å²) in [7, 11) is 0. The summed E-state index contributed by atoms with van der Waals surface area (Å²) in [5, 5.41) is 12.2. The molecule has 0 aromatic rings. The molecule has 0 spiro atoms. The molecule has 5 nitrogen and oxygen atoms in total. The molecule has 0 saturated carbocycles. The Labute approximate surface area is 78.6 Å². The molecule has 0 aromatic heterocycles. The molecule has 0 aliphatic rings. The minimum atomic E-state index is -0.185. The van der Waals surface area contributed by atoms with Gasteiger partial charge in [0, 0.05) is 19.5 Å². The number of carbonyl (C=O) groups excluding carboxylic acids is 1. The van der Waals surface area contributed by atoms with E-state index in [4.69, 9.17) is 11.1 Å². The van der Waals surface area contributed by atoms with Gasteiger partial charge in [-0.15, -0.1) is 0 Å². The molecular formula is C8H18N4O. The molecule has 0 aromatic carbocycles. The Morgan fingerprint density at radius 3 is 2.54 bits per heavy atom. The van der Waals surface area contributed by atoms with Crippen LogP contribution in [0.5, 0.6) is 0 Å². The molecule has 0 bridgehead atoms. The summed E-state index contributed by atoms with van der Waals surface area (Å²) in [6.45, 7) is 3.19. The van der Waals surface area contributed by atoms with Crippen molar-refractivity contribution in [1.82, 2.24) is 10.6 Å². The van der Waals surface area contributed by atoms with E-state index in [0.29, 0.717) is 19.5 Å². The maximum Gasteiger partial charge on any atom is 0.314 e. The molecule has 0 unspecified atom stereocenters. The molecule has 0 fully saturated rings. The Hall–Kier alpha value is -1.26. The number of nitrogens with one attached hydrogen (secondary N) is 3. The van der Waals surface area contributed by atoms with Crippen molar-refractivity contribution in [1.29, 1.82) is 5.41 Å². The highest BCUT2D eigenvalue weighted by atomic mass is 16.2. The van der Waals surface area contributed by atoms with E-state index >= 15 is 0 Å². The van der Waals surface area contributed by atoms with Crippen LogP contribution in [-0.4, -0.2) is 25.0 Å². The first kappa shape index (κ1) is 11.7. The Balaban J connectivity index is 3.25. The third-order valence-electron chi connectivity index (χ3n) is 1.50. The number of hydrogen-bond acceptors (Lipinski definition) is 2. The van der Waals surface area contributed by atoms with Crippen molar-refractivity contribution < 1.29 is 4.79 Å². The van der Waals surface area contributed by atoms with E-state index in [-0.39, 0.29) is 11.9 Å². The van der Waals surface area contributed by atoms with Crippen molar-refractivity contribution in [2.75, 3.05) is 13.1 Å². The highest BCUT2D eigenvalue weighted by Gasteiger charge is 1.97. The molecule has 0 aliphatic heterocycles. The SMILES string of the molecule is CCCCNC(=O)NCCC(=N)N. The van der Waals surface area contributed by atoms with Gasteiger partial charge in [0.1, 0.15) is 0 Å². The molecule has 0 radical (unpaired) electrons. The van der Waals surface area contributed by atoms with Crippen molar-refractivity contribution >= 4 is 11.9 Å². The predicted octanol–water partition coefficient (Wildman–Crippen LogP) is 0.412. The van der Waals surface area contributed by atoms with Crippen LogP contribution in [0.15, 0.2) is 0 Å². The number of unbranched alkanes of at least 4 members (excludes halogenated alkanes) is 1. The Bertz CT molecular complexity index is 170. The second-order valence-corrected chi connectivity index (χ2v) is 2.81. The zero-order valence-electron chi connectivity index (χ0n) is 8.02. The summed E-state index contributed by atoms with van der Waals surface area (Å²) in [4.78, 5) is 11.0. The fraction of sp³-hybridized carbons (Fsp3) is 0.750. The molecule has 2 amide bonds. The number of amides is 2.